The van der Waals surface area contributed by atoms with Crippen molar-refractivity contribution in [2.75, 3.05) is 7.11 Å². The van der Waals surface area contributed by atoms with Crippen LogP contribution in [0.25, 0.3) is 43.8 Å². The molecule has 0 saturated heterocycles. The lowest BCUT2D eigenvalue weighted by atomic mass is 9.85. The minimum atomic E-state index is 0.870. The van der Waals surface area contributed by atoms with Crippen LogP contribution in [0.2, 0.25) is 0 Å². The lowest BCUT2D eigenvalue weighted by molar-refractivity contribution is 0.415. The highest BCUT2D eigenvalue weighted by Gasteiger charge is 2.16. The number of methoxy groups -OCH3 is 1. The predicted octanol–water partition coefficient (Wildman–Crippen LogP) is 7.34. The van der Waals surface area contributed by atoms with Crippen molar-refractivity contribution in [1.82, 2.24) is 0 Å². The summed E-state index contributed by atoms with van der Waals surface area (Å²) in [5, 5.41) is 5.11. The van der Waals surface area contributed by atoms with Crippen molar-refractivity contribution in [2.24, 2.45) is 0 Å². The summed E-state index contributed by atoms with van der Waals surface area (Å²) in [6, 6.07) is 36.5. The molecule has 0 spiro atoms. The number of hydrogen-bond donors (Lipinski definition) is 0. The molecule has 1 heteroatoms. The Morgan fingerprint density at radius 1 is 0.429 bits per heavy atom. The van der Waals surface area contributed by atoms with Gasteiger partial charge in [0.25, 0.3) is 0 Å². The van der Waals surface area contributed by atoms with Gasteiger partial charge in [0, 0.05) is 0 Å². The average Bonchev–Trinajstić information content (AvgIpc) is 2.79. The molecule has 0 N–H and O–H groups in total. The molecule has 1 nitrogen and oxygen atoms in total. The standard InChI is InChI=1S/C27H20O/c1-28-21-17-15-20(16-18-21)27-25-14-8-6-12-23(25)22-11-5-7-13-24(22)26(27)19-9-3-2-4-10-19/h2-18H,1H3. The maximum Gasteiger partial charge on any atom is 0.118 e. The van der Waals surface area contributed by atoms with E-state index in [4.69, 9.17) is 4.74 Å². The number of benzene rings is 5. The molecule has 134 valence electrons. The summed E-state index contributed by atoms with van der Waals surface area (Å²) >= 11 is 0. The molecule has 0 aromatic heterocycles. The molecule has 28 heavy (non-hydrogen) atoms. The summed E-state index contributed by atoms with van der Waals surface area (Å²) in [7, 11) is 1.70. The first-order chi connectivity index (χ1) is 13.9. The molecular formula is C27H20O. The fraction of sp³-hybridized carbons (Fsp3) is 0.0370. The van der Waals surface area contributed by atoms with Crippen LogP contribution in [0, 0.1) is 0 Å². The lowest BCUT2D eigenvalue weighted by Crippen LogP contribution is -1.91. The Bertz CT molecular complexity index is 1270. The second-order valence-electron chi connectivity index (χ2n) is 6.94. The van der Waals surface area contributed by atoms with Crippen LogP contribution in [0.1, 0.15) is 0 Å². The Kier molecular flexibility index (Phi) is 4.06. The maximum absolute atomic E-state index is 5.38. The first kappa shape index (κ1) is 16.6. The van der Waals surface area contributed by atoms with Crippen LogP contribution < -0.4 is 4.74 Å². The molecule has 0 aliphatic rings. The molecule has 0 fully saturated rings. The molecule has 0 unspecified atom stereocenters. The first-order valence-corrected chi connectivity index (χ1v) is 9.50. The van der Waals surface area contributed by atoms with Crippen LogP contribution in [-0.4, -0.2) is 7.11 Å². The Morgan fingerprint density at radius 2 is 0.857 bits per heavy atom. The molecule has 0 aliphatic carbocycles. The van der Waals surface area contributed by atoms with Crippen LogP contribution in [0.5, 0.6) is 5.75 Å². The zero-order valence-corrected chi connectivity index (χ0v) is 15.7. The van der Waals surface area contributed by atoms with E-state index in [0.717, 1.165) is 5.75 Å². The van der Waals surface area contributed by atoms with Crippen molar-refractivity contribution in [3.63, 3.8) is 0 Å². The van der Waals surface area contributed by atoms with Crippen molar-refractivity contribution >= 4 is 21.5 Å². The molecule has 0 heterocycles. The maximum atomic E-state index is 5.38. The molecule has 5 aromatic rings. The lowest BCUT2D eigenvalue weighted by Gasteiger charge is -2.18. The van der Waals surface area contributed by atoms with Gasteiger partial charge in [0.15, 0.2) is 0 Å². The third-order valence-electron chi connectivity index (χ3n) is 5.37. The second-order valence-corrected chi connectivity index (χ2v) is 6.94. The quantitative estimate of drug-likeness (QED) is 0.306. The normalized spacial score (nSPS) is 11.0. The number of ether oxygens (including phenoxy) is 1. The monoisotopic (exact) mass is 360 g/mol. The topological polar surface area (TPSA) is 9.23 Å². The molecule has 0 aliphatic heterocycles. The Hall–Kier alpha value is -3.58. The van der Waals surface area contributed by atoms with Crippen molar-refractivity contribution in [3.05, 3.63) is 103 Å². The van der Waals surface area contributed by atoms with E-state index < -0.39 is 0 Å². The van der Waals surface area contributed by atoms with Gasteiger partial charge in [0.2, 0.25) is 0 Å². The number of rotatable bonds is 3. The second kappa shape index (κ2) is 6.86. The number of fused-ring (bicyclic) bond motifs is 3. The van der Waals surface area contributed by atoms with Gasteiger partial charge in [-0.25, -0.2) is 0 Å². The van der Waals surface area contributed by atoms with E-state index in [1.807, 2.05) is 12.1 Å². The average molecular weight is 360 g/mol. The minimum absolute atomic E-state index is 0.870. The highest BCUT2D eigenvalue weighted by molar-refractivity contribution is 6.21. The van der Waals surface area contributed by atoms with Crippen molar-refractivity contribution in [3.8, 4) is 28.0 Å². The summed E-state index contributed by atoms with van der Waals surface area (Å²) in [6.07, 6.45) is 0. The largest absolute Gasteiger partial charge is 0.497 e. The highest BCUT2D eigenvalue weighted by atomic mass is 16.5. The minimum Gasteiger partial charge on any atom is -0.497 e. The summed E-state index contributed by atoms with van der Waals surface area (Å²) in [6.45, 7) is 0. The Labute approximate surface area is 164 Å². The van der Waals surface area contributed by atoms with Gasteiger partial charge < -0.3 is 4.74 Å². The zero-order valence-electron chi connectivity index (χ0n) is 15.7. The third kappa shape index (κ3) is 2.64. The van der Waals surface area contributed by atoms with Gasteiger partial charge in [0.1, 0.15) is 5.75 Å². The summed E-state index contributed by atoms with van der Waals surface area (Å²) in [5.74, 6) is 0.870. The van der Waals surface area contributed by atoms with Gasteiger partial charge in [-0.2, -0.15) is 0 Å². The van der Waals surface area contributed by atoms with Crippen molar-refractivity contribution < 1.29 is 4.74 Å². The van der Waals surface area contributed by atoms with Crippen LogP contribution in [0.3, 0.4) is 0 Å². The molecule has 0 saturated carbocycles. The summed E-state index contributed by atoms with van der Waals surface area (Å²) in [4.78, 5) is 0. The molecule has 0 atom stereocenters. The fourth-order valence-corrected chi connectivity index (χ4v) is 4.10. The van der Waals surface area contributed by atoms with Crippen LogP contribution in [-0.2, 0) is 0 Å². The molecule has 5 aromatic carbocycles. The molecular weight excluding hydrogens is 340 g/mol. The van der Waals surface area contributed by atoms with Gasteiger partial charge in [-0.15, -0.1) is 0 Å². The van der Waals surface area contributed by atoms with E-state index in [-0.39, 0.29) is 0 Å². The van der Waals surface area contributed by atoms with E-state index in [1.54, 1.807) is 7.11 Å². The molecule has 0 bridgehead atoms. The zero-order chi connectivity index (χ0) is 18.9. The van der Waals surface area contributed by atoms with E-state index in [1.165, 1.54) is 43.8 Å². The Morgan fingerprint density at radius 3 is 1.36 bits per heavy atom. The van der Waals surface area contributed by atoms with Crippen LogP contribution in [0.4, 0.5) is 0 Å². The van der Waals surface area contributed by atoms with E-state index in [0.29, 0.717) is 0 Å². The molecule has 0 radical (unpaired) electrons. The van der Waals surface area contributed by atoms with Gasteiger partial charge in [-0.05, 0) is 55.9 Å². The van der Waals surface area contributed by atoms with Gasteiger partial charge in [0.05, 0.1) is 7.11 Å². The Balaban J connectivity index is 1.98. The van der Waals surface area contributed by atoms with Crippen molar-refractivity contribution in [1.29, 1.82) is 0 Å². The first-order valence-electron chi connectivity index (χ1n) is 9.50. The smallest absolute Gasteiger partial charge is 0.118 e. The van der Waals surface area contributed by atoms with Crippen LogP contribution >= 0.6 is 0 Å². The summed E-state index contributed by atoms with van der Waals surface area (Å²) in [5.41, 5.74) is 4.97. The van der Waals surface area contributed by atoms with Gasteiger partial charge in [-0.1, -0.05) is 91.0 Å². The molecule has 5 rings (SSSR count). The predicted molar refractivity (Wildman–Crippen MR) is 119 cm³/mol. The summed E-state index contributed by atoms with van der Waals surface area (Å²) < 4.78 is 5.38. The van der Waals surface area contributed by atoms with Gasteiger partial charge in [-0.3, -0.25) is 0 Å². The van der Waals surface area contributed by atoms with E-state index in [9.17, 15) is 0 Å². The van der Waals surface area contributed by atoms with E-state index in [2.05, 4.69) is 91.0 Å². The fourth-order valence-electron chi connectivity index (χ4n) is 4.10. The SMILES string of the molecule is COc1ccc(-c2c(-c3ccccc3)c3ccccc3c3ccccc23)cc1. The molecule has 0 amide bonds. The van der Waals surface area contributed by atoms with Crippen molar-refractivity contribution in [2.45, 2.75) is 0 Å². The third-order valence-corrected chi connectivity index (χ3v) is 5.37. The highest BCUT2D eigenvalue weighted by Crippen LogP contribution is 2.44. The number of hydrogen-bond acceptors (Lipinski definition) is 1. The van der Waals surface area contributed by atoms with Crippen LogP contribution in [0.15, 0.2) is 103 Å². The van der Waals surface area contributed by atoms with E-state index >= 15 is 0 Å². The van der Waals surface area contributed by atoms with Gasteiger partial charge >= 0.3 is 0 Å².